The molecule has 1 heterocycles. The first-order chi connectivity index (χ1) is 14.2. The molecule has 0 aliphatic heterocycles. The third kappa shape index (κ3) is 3.12. The Bertz CT molecular complexity index is 1360. The van der Waals surface area contributed by atoms with Gasteiger partial charge in [-0.1, -0.05) is 60.7 Å². The first kappa shape index (κ1) is 17.7. The topological polar surface area (TPSA) is 42.2 Å². The van der Waals surface area contributed by atoms with Gasteiger partial charge in [-0.3, -0.25) is 4.79 Å². The van der Waals surface area contributed by atoms with Crippen LogP contribution in [0.5, 0.6) is 0 Å². The summed E-state index contributed by atoms with van der Waals surface area (Å²) in [7, 11) is 0. The maximum atomic E-state index is 12.7. The largest absolute Gasteiger partial charge is 0.455 e. The lowest BCUT2D eigenvalue weighted by molar-refractivity contribution is 0.102. The number of para-hydroxylation sites is 2. The van der Waals surface area contributed by atoms with Gasteiger partial charge in [0.1, 0.15) is 11.2 Å². The molecular weight excluding hydrogens is 426 g/mol. The second-order valence-corrected chi connectivity index (χ2v) is 7.62. The van der Waals surface area contributed by atoms with Gasteiger partial charge >= 0.3 is 0 Å². The summed E-state index contributed by atoms with van der Waals surface area (Å²) in [6.45, 7) is 0. The average Bonchev–Trinajstić information content (AvgIpc) is 3.16. The molecule has 5 rings (SSSR count). The van der Waals surface area contributed by atoms with E-state index in [0.717, 1.165) is 43.2 Å². The minimum absolute atomic E-state index is 0.136. The Balaban J connectivity index is 1.69. The normalized spacial score (nSPS) is 11.1. The highest BCUT2D eigenvalue weighted by molar-refractivity contribution is 9.10. The lowest BCUT2D eigenvalue weighted by Gasteiger charge is -2.13. The Morgan fingerprint density at radius 2 is 1.48 bits per heavy atom. The van der Waals surface area contributed by atoms with Crippen molar-refractivity contribution >= 4 is 49.5 Å². The second kappa shape index (κ2) is 7.22. The van der Waals surface area contributed by atoms with E-state index in [-0.39, 0.29) is 5.91 Å². The Morgan fingerprint density at radius 1 is 0.759 bits per heavy atom. The lowest BCUT2D eigenvalue weighted by Crippen LogP contribution is -2.12. The van der Waals surface area contributed by atoms with Crippen molar-refractivity contribution in [2.75, 3.05) is 5.32 Å². The molecule has 1 aromatic heterocycles. The smallest absolute Gasteiger partial charge is 0.255 e. The molecule has 4 aromatic carbocycles. The average molecular weight is 442 g/mol. The molecule has 5 aromatic rings. The van der Waals surface area contributed by atoms with E-state index in [1.165, 1.54) is 0 Å². The Labute approximate surface area is 176 Å². The van der Waals surface area contributed by atoms with Gasteiger partial charge in [0, 0.05) is 27.6 Å². The number of halogens is 1. The maximum absolute atomic E-state index is 12.7. The number of amides is 1. The van der Waals surface area contributed by atoms with Crippen LogP contribution >= 0.6 is 15.9 Å². The molecule has 0 saturated heterocycles. The molecule has 0 unspecified atom stereocenters. The highest BCUT2D eigenvalue weighted by Crippen LogP contribution is 2.42. The van der Waals surface area contributed by atoms with Crippen LogP contribution in [0.15, 0.2) is 99.9 Å². The first-order valence-electron chi connectivity index (χ1n) is 9.28. The summed E-state index contributed by atoms with van der Waals surface area (Å²) in [4.78, 5) is 12.7. The third-order valence-corrected chi connectivity index (χ3v) is 5.60. The number of benzene rings is 4. The predicted octanol–water partition coefficient (Wildman–Crippen LogP) is 7.27. The zero-order valence-corrected chi connectivity index (χ0v) is 16.9. The number of carbonyl (C=O) groups is 1. The minimum Gasteiger partial charge on any atom is -0.455 e. The van der Waals surface area contributed by atoms with E-state index in [1.54, 1.807) is 12.1 Å². The van der Waals surface area contributed by atoms with Crippen molar-refractivity contribution in [1.82, 2.24) is 0 Å². The van der Waals surface area contributed by atoms with Crippen LogP contribution in [0.2, 0.25) is 0 Å². The van der Waals surface area contributed by atoms with Gasteiger partial charge in [-0.2, -0.15) is 0 Å². The minimum atomic E-state index is -0.136. The number of anilines is 1. The van der Waals surface area contributed by atoms with Gasteiger partial charge in [0.25, 0.3) is 5.91 Å². The van der Waals surface area contributed by atoms with Gasteiger partial charge in [0.05, 0.1) is 4.47 Å². The fourth-order valence-electron chi connectivity index (χ4n) is 3.63. The van der Waals surface area contributed by atoms with Gasteiger partial charge in [-0.05, 0) is 51.8 Å². The second-order valence-electron chi connectivity index (χ2n) is 6.76. The number of furan rings is 1. The summed E-state index contributed by atoms with van der Waals surface area (Å²) in [5.74, 6) is -0.136. The fourth-order valence-corrected chi connectivity index (χ4v) is 4.04. The van der Waals surface area contributed by atoms with Gasteiger partial charge in [-0.15, -0.1) is 0 Å². The molecule has 0 fully saturated rings. The van der Waals surface area contributed by atoms with Gasteiger partial charge in [0.2, 0.25) is 0 Å². The number of rotatable bonds is 3. The van der Waals surface area contributed by atoms with E-state index < -0.39 is 0 Å². The van der Waals surface area contributed by atoms with Crippen LogP contribution in [0.25, 0.3) is 33.1 Å². The molecule has 3 nitrogen and oxygen atoms in total. The summed E-state index contributed by atoms with van der Waals surface area (Å²) in [5.41, 5.74) is 4.97. The summed E-state index contributed by atoms with van der Waals surface area (Å²) >= 11 is 3.61. The lowest BCUT2D eigenvalue weighted by atomic mass is 9.98. The number of nitrogens with one attached hydrogen (secondary N) is 1. The van der Waals surface area contributed by atoms with E-state index in [4.69, 9.17) is 4.42 Å². The molecule has 0 bridgehead atoms. The van der Waals surface area contributed by atoms with Gasteiger partial charge in [0.15, 0.2) is 0 Å². The maximum Gasteiger partial charge on any atom is 0.255 e. The molecule has 0 radical (unpaired) electrons. The predicted molar refractivity (Wildman–Crippen MR) is 121 cm³/mol. The molecule has 1 amide bonds. The van der Waals surface area contributed by atoms with Gasteiger partial charge < -0.3 is 9.73 Å². The highest BCUT2D eigenvalue weighted by Gasteiger charge is 2.17. The molecular formula is C25H16BrNO2. The van der Waals surface area contributed by atoms with Crippen molar-refractivity contribution < 1.29 is 9.21 Å². The van der Waals surface area contributed by atoms with Crippen LogP contribution in [0.4, 0.5) is 5.69 Å². The van der Waals surface area contributed by atoms with Crippen molar-refractivity contribution in [3.05, 3.63) is 101 Å². The monoisotopic (exact) mass is 441 g/mol. The molecule has 0 saturated carbocycles. The molecule has 0 spiro atoms. The van der Waals surface area contributed by atoms with E-state index in [9.17, 15) is 4.79 Å². The molecule has 0 aliphatic carbocycles. The van der Waals surface area contributed by atoms with E-state index in [1.807, 2.05) is 66.7 Å². The highest BCUT2D eigenvalue weighted by atomic mass is 79.9. The molecule has 29 heavy (non-hydrogen) atoms. The van der Waals surface area contributed by atoms with Crippen molar-refractivity contribution in [2.45, 2.75) is 0 Å². The Hall–Kier alpha value is -3.37. The number of fused-ring (bicyclic) bond motifs is 3. The molecule has 1 N–H and O–H groups in total. The molecule has 4 heteroatoms. The molecule has 0 atom stereocenters. The van der Waals surface area contributed by atoms with Crippen molar-refractivity contribution in [2.24, 2.45) is 0 Å². The molecule has 0 aliphatic rings. The number of carbonyl (C=O) groups excluding carboxylic acids is 1. The van der Waals surface area contributed by atoms with E-state index in [0.29, 0.717) is 5.56 Å². The van der Waals surface area contributed by atoms with Crippen LogP contribution in [0.3, 0.4) is 0 Å². The van der Waals surface area contributed by atoms with Crippen LogP contribution in [0, 0.1) is 0 Å². The summed E-state index contributed by atoms with van der Waals surface area (Å²) in [5, 5.41) is 5.13. The Kier molecular flexibility index (Phi) is 4.41. The molecule has 140 valence electrons. The van der Waals surface area contributed by atoms with Crippen LogP contribution in [-0.2, 0) is 0 Å². The fraction of sp³-hybridized carbons (Fsp3) is 0. The van der Waals surface area contributed by atoms with E-state index >= 15 is 0 Å². The Morgan fingerprint density at radius 3 is 2.34 bits per heavy atom. The van der Waals surface area contributed by atoms with Crippen molar-refractivity contribution in [1.29, 1.82) is 0 Å². The first-order valence-corrected chi connectivity index (χ1v) is 10.1. The van der Waals surface area contributed by atoms with Crippen LogP contribution in [-0.4, -0.2) is 5.91 Å². The summed E-state index contributed by atoms with van der Waals surface area (Å²) < 4.78 is 7.00. The third-order valence-electron chi connectivity index (χ3n) is 4.98. The summed E-state index contributed by atoms with van der Waals surface area (Å²) in [6.07, 6.45) is 0. The number of hydrogen-bond donors (Lipinski definition) is 1. The number of hydrogen-bond acceptors (Lipinski definition) is 2. The van der Waals surface area contributed by atoms with Crippen LogP contribution < -0.4 is 5.32 Å². The quantitative estimate of drug-likeness (QED) is 0.319. The van der Waals surface area contributed by atoms with Crippen molar-refractivity contribution in [3.8, 4) is 11.1 Å². The SMILES string of the molecule is O=C(Nc1ccccc1-c1ccc(Br)c2oc3ccccc3c12)c1ccccc1. The van der Waals surface area contributed by atoms with E-state index in [2.05, 4.69) is 33.4 Å². The zero-order valence-electron chi connectivity index (χ0n) is 15.4. The van der Waals surface area contributed by atoms with Crippen LogP contribution in [0.1, 0.15) is 10.4 Å². The standard InChI is InChI=1S/C25H16BrNO2/c26-20-15-14-18(23-19-11-5-7-13-22(19)29-24(20)23)17-10-4-6-12-21(17)27-25(28)16-8-2-1-3-9-16/h1-15H,(H,27,28). The van der Waals surface area contributed by atoms with Crippen molar-refractivity contribution in [3.63, 3.8) is 0 Å². The zero-order chi connectivity index (χ0) is 19.8. The summed E-state index contributed by atoms with van der Waals surface area (Å²) in [6, 6.07) is 29.1. The van der Waals surface area contributed by atoms with Gasteiger partial charge in [-0.25, -0.2) is 0 Å².